The van der Waals surface area contributed by atoms with Crippen LogP contribution in [0.2, 0.25) is 0 Å². The van der Waals surface area contributed by atoms with E-state index in [1.165, 1.54) is 36.8 Å². The van der Waals surface area contributed by atoms with Gasteiger partial charge in [0, 0.05) is 0 Å². The molecule has 0 aromatic heterocycles. The summed E-state index contributed by atoms with van der Waals surface area (Å²) in [7, 11) is 0. The van der Waals surface area contributed by atoms with Crippen molar-refractivity contribution < 1.29 is 0 Å². The summed E-state index contributed by atoms with van der Waals surface area (Å²) in [5.74, 6) is 1.52. The fraction of sp³-hybridized carbons (Fsp3) is 0.500. The Hall–Kier alpha value is -1.18. The molecule has 2 bridgehead atoms. The van der Waals surface area contributed by atoms with E-state index >= 15 is 0 Å². The highest BCUT2D eigenvalue weighted by atomic mass is 14.7. The number of hydrogen-bond acceptors (Lipinski definition) is 2. The van der Waals surface area contributed by atoms with Gasteiger partial charge in [-0.3, -0.25) is 0 Å². The predicted octanol–water partition coefficient (Wildman–Crippen LogP) is 2.61. The maximum Gasteiger partial charge on any atom is 0.0550 e. The van der Waals surface area contributed by atoms with E-state index in [1.54, 1.807) is 0 Å². The monoisotopic (exact) mass is 188 g/mol. The van der Waals surface area contributed by atoms with Gasteiger partial charge in [0.1, 0.15) is 0 Å². The van der Waals surface area contributed by atoms with Gasteiger partial charge in [-0.15, -0.1) is 0 Å². The molecule has 14 heavy (non-hydrogen) atoms. The first-order chi connectivity index (χ1) is 6.75. The number of nitrogen functional groups attached to an aromatic ring is 2. The van der Waals surface area contributed by atoms with Crippen molar-refractivity contribution >= 4 is 11.4 Å². The van der Waals surface area contributed by atoms with Gasteiger partial charge in [0.2, 0.25) is 0 Å². The highest BCUT2D eigenvalue weighted by Crippen LogP contribution is 2.50. The van der Waals surface area contributed by atoms with E-state index in [0.717, 1.165) is 23.2 Å². The molecule has 2 nitrogen and oxygen atoms in total. The van der Waals surface area contributed by atoms with Crippen LogP contribution in [0.15, 0.2) is 12.1 Å². The molecule has 1 aromatic rings. The summed E-state index contributed by atoms with van der Waals surface area (Å²) < 4.78 is 0. The first-order valence-corrected chi connectivity index (χ1v) is 5.44. The number of nitrogens with two attached hydrogens (primary N) is 2. The number of benzene rings is 1. The minimum Gasteiger partial charge on any atom is -0.397 e. The van der Waals surface area contributed by atoms with E-state index in [-0.39, 0.29) is 0 Å². The Balaban J connectivity index is 2.20. The summed E-state index contributed by atoms with van der Waals surface area (Å²) >= 11 is 0. The highest BCUT2D eigenvalue weighted by Gasteiger charge is 2.33. The summed E-state index contributed by atoms with van der Waals surface area (Å²) in [6.07, 6.45) is 5.39. The van der Waals surface area contributed by atoms with Crippen LogP contribution < -0.4 is 11.5 Å². The molecule has 0 saturated heterocycles. The predicted molar refractivity (Wildman–Crippen MR) is 59.2 cm³/mol. The molecule has 0 aliphatic heterocycles. The van der Waals surface area contributed by atoms with E-state index in [9.17, 15) is 0 Å². The zero-order chi connectivity index (χ0) is 9.71. The average Bonchev–Trinajstić information content (AvgIpc) is 2.22. The van der Waals surface area contributed by atoms with E-state index in [4.69, 9.17) is 11.5 Å². The molecular weight excluding hydrogens is 172 g/mol. The number of rotatable bonds is 0. The van der Waals surface area contributed by atoms with Gasteiger partial charge in [-0.2, -0.15) is 0 Å². The Morgan fingerprint density at radius 3 is 1.50 bits per heavy atom. The zero-order valence-electron chi connectivity index (χ0n) is 8.29. The zero-order valence-corrected chi connectivity index (χ0v) is 8.29. The summed E-state index contributed by atoms with van der Waals surface area (Å²) in [4.78, 5) is 0. The van der Waals surface area contributed by atoms with Crippen LogP contribution >= 0.6 is 0 Å². The van der Waals surface area contributed by atoms with Crippen LogP contribution in [0.5, 0.6) is 0 Å². The molecule has 1 aromatic carbocycles. The normalized spacial score (nSPS) is 28.9. The molecule has 1 fully saturated rings. The van der Waals surface area contributed by atoms with Crippen molar-refractivity contribution in [2.24, 2.45) is 0 Å². The first kappa shape index (κ1) is 8.16. The molecule has 0 atom stereocenters. The standard InChI is InChI=1S/C12H16N2/c13-11-5-9-7-1-2-8(4-3-7)10(9)6-12(11)14/h5-8H,1-4,13-14H2. The van der Waals surface area contributed by atoms with Crippen molar-refractivity contribution in [3.63, 3.8) is 0 Å². The summed E-state index contributed by atoms with van der Waals surface area (Å²) in [6.45, 7) is 0. The van der Waals surface area contributed by atoms with Crippen molar-refractivity contribution in [3.05, 3.63) is 23.3 Å². The lowest BCUT2D eigenvalue weighted by molar-refractivity contribution is 0.359. The van der Waals surface area contributed by atoms with Crippen molar-refractivity contribution in [1.82, 2.24) is 0 Å². The second-order valence-corrected chi connectivity index (χ2v) is 4.66. The molecule has 74 valence electrons. The molecule has 3 aliphatic carbocycles. The molecule has 0 spiro atoms. The van der Waals surface area contributed by atoms with Crippen molar-refractivity contribution in [3.8, 4) is 0 Å². The van der Waals surface area contributed by atoms with E-state index in [0.29, 0.717) is 0 Å². The van der Waals surface area contributed by atoms with Crippen LogP contribution in [0.4, 0.5) is 11.4 Å². The number of hydrogen-bond donors (Lipinski definition) is 2. The highest BCUT2D eigenvalue weighted by molar-refractivity contribution is 5.67. The first-order valence-electron chi connectivity index (χ1n) is 5.44. The Kier molecular flexibility index (Phi) is 1.55. The van der Waals surface area contributed by atoms with Gasteiger partial charge in [0.05, 0.1) is 11.4 Å². The fourth-order valence-electron chi connectivity index (χ4n) is 3.09. The van der Waals surface area contributed by atoms with Crippen LogP contribution in [0, 0.1) is 0 Å². The summed E-state index contributed by atoms with van der Waals surface area (Å²) in [5, 5.41) is 0. The Labute approximate surface area is 84.3 Å². The van der Waals surface area contributed by atoms with Crippen LogP contribution in [0.25, 0.3) is 0 Å². The molecule has 0 unspecified atom stereocenters. The third-order valence-electron chi connectivity index (χ3n) is 3.90. The quantitative estimate of drug-likeness (QED) is 0.615. The van der Waals surface area contributed by atoms with Gasteiger partial charge in [-0.05, 0) is 60.8 Å². The Morgan fingerprint density at radius 1 is 0.786 bits per heavy atom. The molecule has 0 radical (unpaired) electrons. The third-order valence-corrected chi connectivity index (χ3v) is 3.90. The minimum atomic E-state index is 0.760. The summed E-state index contributed by atoms with van der Waals surface area (Å²) in [5.41, 5.74) is 16.2. The van der Waals surface area contributed by atoms with Gasteiger partial charge in [-0.1, -0.05) is 0 Å². The summed E-state index contributed by atoms with van der Waals surface area (Å²) in [6, 6.07) is 4.22. The second-order valence-electron chi connectivity index (χ2n) is 4.66. The van der Waals surface area contributed by atoms with E-state index in [1.807, 2.05) is 0 Å². The van der Waals surface area contributed by atoms with Gasteiger partial charge >= 0.3 is 0 Å². The third kappa shape index (κ3) is 0.969. The van der Waals surface area contributed by atoms with Crippen LogP contribution in [0.3, 0.4) is 0 Å². The maximum atomic E-state index is 5.85. The molecular formula is C12H16N2. The van der Waals surface area contributed by atoms with E-state index in [2.05, 4.69) is 12.1 Å². The van der Waals surface area contributed by atoms with Gasteiger partial charge in [0.25, 0.3) is 0 Å². The molecule has 0 heterocycles. The van der Waals surface area contributed by atoms with Crippen molar-refractivity contribution in [1.29, 1.82) is 0 Å². The van der Waals surface area contributed by atoms with Gasteiger partial charge < -0.3 is 11.5 Å². The Bertz CT molecular complexity index is 339. The second kappa shape index (κ2) is 2.66. The largest absolute Gasteiger partial charge is 0.397 e. The topological polar surface area (TPSA) is 52.0 Å². The lowest BCUT2D eigenvalue weighted by Gasteiger charge is -2.38. The maximum absolute atomic E-state index is 5.85. The molecule has 0 amide bonds. The SMILES string of the molecule is Nc1cc2c(cc1N)C1CCC2CC1. The minimum absolute atomic E-state index is 0.760. The molecule has 4 rings (SSSR count). The van der Waals surface area contributed by atoms with Crippen LogP contribution in [-0.2, 0) is 0 Å². The molecule has 1 saturated carbocycles. The average molecular weight is 188 g/mol. The van der Waals surface area contributed by atoms with Crippen LogP contribution in [0.1, 0.15) is 48.6 Å². The Morgan fingerprint density at radius 2 is 1.14 bits per heavy atom. The molecule has 2 heteroatoms. The number of fused-ring (bicyclic) bond motifs is 2. The van der Waals surface area contributed by atoms with Gasteiger partial charge in [0.15, 0.2) is 0 Å². The molecule has 4 N–H and O–H groups in total. The lowest BCUT2D eigenvalue weighted by atomic mass is 9.67. The van der Waals surface area contributed by atoms with Crippen molar-refractivity contribution in [2.45, 2.75) is 37.5 Å². The fourth-order valence-corrected chi connectivity index (χ4v) is 3.09. The van der Waals surface area contributed by atoms with Gasteiger partial charge in [-0.25, -0.2) is 0 Å². The molecule has 3 aliphatic rings. The van der Waals surface area contributed by atoms with E-state index < -0.39 is 0 Å². The smallest absolute Gasteiger partial charge is 0.0550 e. The van der Waals surface area contributed by atoms with Crippen molar-refractivity contribution in [2.75, 3.05) is 11.5 Å². The van der Waals surface area contributed by atoms with Crippen LogP contribution in [-0.4, -0.2) is 0 Å². The lowest BCUT2D eigenvalue weighted by Crippen LogP contribution is -2.22. The number of anilines is 2.